The fourth-order valence-corrected chi connectivity index (χ4v) is 11.1. The molecule has 0 aromatic carbocycles. The SMILES string of the molecule is CC(CC(C)(C)C)CP(=O)([O-])CC(C)CC(C)(C)C.CCCCCCCCCCCCCC[N+](CCCCCC)(CCCCCC)CCCCCC. The Balaban J connectivity index is 0. The van der Waals surface area contributed by atoms with Crippen molar-refractivity contribution in [3.05, 3.63) is 0 Å². The highest BCUT2D eigenvalue weighted by atomic mass is 31.2. The van der Waals surface area contributed by atoms with E-state index in [0.717, 1.165) is 12.8 Å². The monoisotopic (exact) mass is 756 g/mol. The molecule has 0 fully saturated rings. The van der Waals surface area contributed by atoms with Gasteiger partial charge in [0.15, 0.2) is 0 Å². The summed E-state index contributed by atoms with van der Waals surface area (Å²) >= 11 is 0. The summed E-state index contributed by atoms with van der Waals surface area (Å²) in [5.74, 6) is 0.510. The summed E-state index contributed by atoms with van der Waals surface area (Å²) in [6.07, 6.45) is 37.4. The number of hydrogen-bond acceptors (Lipinski definition) is 2. The van der Waals surface area contributed by atoms with E-state index in [0.29, 0.717) is 12.3 Å². The second-order valence-corrected chi connectivity index (χ2v) is 22.6. The Hall–Kier alpha value is 0.150. The van der Waals surface area contributed by atoms with E-state index in [1.807, 2.05) is 0 Å². The molecule has 0 saturated carbocycles. The molecule has 316 valence electrons. The molecule has 0 aliphatic rings. The van der Waals surface area contributed by atoms with Crippen LogP contribution < -0.4 is 4.89 Å². The van der Waals surface area contributed by atoms with Crippen LogP contribution in [0.3, 0.4) is 0 Å². The van der Waals surface area contributed by atoms with Crippen molar-refractivity contribution in [2.75, 3.05) is 38.5 Å². The molecule has 3 nitrogen and oxygen atoms in total. The third kappa shape index (κ3) is 38.4. The number of hydrogen-bond donors (Lipinski definition) is 0. The molecule has 0 aliphatic carbocycles. The molecule has 0 N–H and O–H groups in total. The molecule has 0 aromatic rings. The number of unbranched alkanes of at least 4 members (excludes halogenated alkanes) is 20. The smallest absolute Gasteiger partial charge is 0.0786 e. The summed E-state index contributed by atoms with van der Waals surface area (Å²) in [5.41, 5.74) is 0.410. The van der Waals surface area contributed by atoms with E-state index in [9.17, 15) is 9.46 Å². The molecule has 0 heterocycles. The number of quaternary nitrogens is 1. The van der Waals surface area contributed by atoms with Gasteiger partial charge in [0, 0.05) is 7.37 Å². The Bertz CT molecular complexity index is 738. The van der Waals surface area contributed by atoms with Crippen LogP contribution in [0, 0.1) is 22.7 Å². The van der Waals surface area contributed by atoms with Crippen LogP contribution in [0.2, 0.25) is 0 Å². The van der Waals surface area contributed by atoms with Crippen LogP contribution in [0.25, 0.3) is 0 Å². The molecule has 4 heteroatoms. The second-order valence-electron chi connectivity index (χ2n) is 20.2. The van der Waals surface area contributed by atoms with Gasteiger partial charge in [-0.25, -0.2) is 0 Å². The van der Waals surface area contributed by atoms with Crippen LogP contribution in [0.4, 0.5) is 0 Å². The first-order valence-corrected chi connectivity index (χ1v) is 25.6. The highest BCUT2D eigenvalue weighted by molar-refractivity contribution is 7.56. The fourth-order valence-electron chi connectivity index (χ4n) is 8.83. The lowest BCUT2D eigenvalue weighted by molar-refractivity contribution is -0.929. The van der Waals surface area contributed by atoms with Gasteiger partial charge in [-0.2, -0.15) is 0 Å². The van der Waals surface area contributed by atoms with Gasteiger partial charge in [0.25, 0.3) is 0 Å². The Morgan fingerprint density at radius 3 is 0.865 bits per heavy atom. The van der Waals surface area contributed by atoms with Gasteiger partial charge in [0.05, 0.1) is 26.2 Å². The molecule has 0 aromatic heterocycles. The van der Waals surface area contributed by atoms with Gasteiger partial charge < -0.3 is 13.9 Å². The summed E-state index contributed by atoms with van der Waals surface area (Å²) in [5, 5.41) is 0. The van der Waals surface area contributed by atoms with Crippen LogP contribution >= 0.6 is 7.37 Å². The maximum absolute atomic E-state index is 12.3. The topological polar surface area (TPSA) is 40.1 Å². The molecule has 0 spiro atoms. The van der Waals surface area contributed by atoms with E-state index in [-0.39, 0.29) is 22.7 Å². The maximum atomic E-state index is 12.3. The van der Waals surface area contributed by atoms with Gasteiger partial charge in [-0.3, -0.25) is 0 Å². The third-order valence-corrected chi connectivity index (χ3v) is 13.4. The van der Waals surface area contributed by atoms with Crippen LogP contribution in [0.1, 0.15) is 250 Å². The molecule has 2 atom stereocenters. The summed E-state index contributed by atoms with van der Waals surface area (Å²) in [7, 11) is -3.23. The Kier molecular flexibility index (Phi) is 34.7. The Morgan fingerprint density at radius 1 is 0.423 bits per heavy atom. The van der Waals surface area contributed by atoms with Gasteiger partial charge in [0.2, 0.25) is 0 Å². The van der Waals surface area contributed by atoms with E-state index in [1.165, 1.54) is 185 Å². The third-order valence-electron chi connectivity index (χ3n) is 11.0. The molecular formula is C48H102NO2P. The lowest BCUT2D eigenvalue weighted by atomic mass is 9.86. The molecule has 0 amide bonds. The van der Waals surface area contributed by atoms with E-state index >= 15 is 0 Å². The summed E-state index contributed by atoms with van der Waals surface area (Å²) < 4.78 is 13.7. The summed E-state index contributed by atoms with van der Waals surface area (Å²) in [6.45, 7) is 32.4. The number of rotatable bonds is 34. The first-order chi connectivity index (χ1) is 24.4. The molecule has 0 radical (unpaired) electrons. The first-order valence-electron chi connectivity index (χ1n) is 23.6. The molecule has 52 heavy (non-hydrogen) atoms. The van der Waals surface area contributed by atoms with Crippen LogP contribution in [0.5, 0.6) is 0 Å². The molecule has 2 unspecified atom stereocenters. The molecule has 0 saturated heterocycles. The Labute approximate surface area is 331 Å². The zero-order valence-corrected chi connectivity index (χ0v) is 39.4. The Morgan fingerprint density at radius 2 is 0.635 bits per heavy atom. The van der Waals surface area contributed by atoms with Gasteiger partial charge >= 0.3 is 0 Å². The lowest BCUT2D eigenvalue weighted by Gasteiger charge is -2.39. The average molecular weight is 756 g/mol. The largest absolute Gasteiger partial charge is 0.799 e. The van der Waals surface area contributed by atoms with Crippen molar-refractivity contribution in [1.82, 2.24) is 0 Å². The summed E-state index contributed by atoms with van der Waals surface area (Å²) in [6, 6.07) is 0. The van der Waals surface area contributed by atoms with Gasteiger partial charge in [-0.15, -0.1) is 0 Å². The van der Waals surface area contributed by atoms with Crippen molar-refractivity contribution in [3.63, 3.8) is 0 Å². The van der Waals surface area contributed by atoms with Gasteiger partial charge in [-0.05, 0) is 99.2 Å². The van der Waals surface area contributed by atoms with Crippen molar-refractivity contribution in [2.24, 2.45) is 22.7 Å². The predicted molar refractivity (Wildman–Crippen MR) is 237 cm³/mol. The minimum Gasteiger partial charge on any atom is -0.799 e. The normalized spacial score (nSPS) is 14.9. The predicted octanol–water partition coefficient (Wildman–Crippen LogP) is 16.0. The fraction of sp³-hybridized carbons (Fsp3) is 1.00. The molecule has 0 bridgehead atoms. The van der Waals surface area contributed by atoms with Crippen molar-refractivity contribution in [1.29, 1.82) is 0 Å². The molecule has 0 aliphatic heterocycles. The molecule has 0 rings (SSSR count). The maximum Gasteiger partial charge on any atom is 0.0786 e. The number of nitrogens with zero attached hydrogens (tertiary/aromatic N) is 1. The minimum absolute atomic E-state index is 0.205. The van der Waals surface area contributed by atoms with E-state index in [2.05, 4.69) is 83.1 Å². The second kappa shape index (κ2) is 33.3. The van der Waals surface area contributed by atoms with Crippen molar-refractivity contribution >= 4 is 7.37 Å². The highest BCUT2D eigenvalue weighted by Gasteiger charge is 2.26. The van der Waals surface area contributed by atoms with Crippen molar-refractivity contribution < 1.29 is 13.9 Å². The quantitative estimate of drug-likeness (QED) is 0.0373. The van der Waals surface area contributed by atoms with Crippen LogP contribution in [-0.2, 0) is 4.57 Å². The van der Waals surface area contributed by atoms with Crippen LogP contribution in [-0.4, -0.2) is 43.0 Å². The van der Waals surface area contributed by atoms with E-state index < -0.39 is 7.37 Å². The standard InChI is InChI=1S/C32H68N.C16H35O2P/c1-5-9-13-17-18-19-20-21-22-23-24-28-32-33(29-25-14-10-6-2,30-26-15-11-7-3)31-27-16-12-8-4;1-13(9-15(3,4)5)11-19(17,18)12-14(2)10-16(6,7)8/h5-32H2,1-4H3;13-14H,9-12H2,1-8H3,(H,17,18)/q+1;/p-1. The van der Waals surface area contributed by atoms with Gasteiger partial charge in [0.1, 0.15) is 0 Å². The van der Waals surface area contributed by atoms with Crippen LogP contribution in [0.15, 0.2) is 0 Å². The first kappa shape index (κ1) is 54.3. The zero-order valence-electron chi connectivity index (χ0n) is 38.5. The molecular weight excluding hydrogens is 654 g/mol. The lowest BCUT2D eigenvalue weighted by Crippen LogP contribution is -2.50. The van der Waals surface area contributed by atoms with Gasteiger partial charge in [-0.1, -0.05) is 186 Å². The minimum atomic E-state index is -3.23. The van der Waals surface area contributed by atoms with E-state index in [4.69, 9.17) is 0 Å². The average Bonchev–Trinajstić information content (AvgIpc) is 3.02. The summed E-state index contributed by atoms with van der Waals surface area (Å²) in [4.78, 5) is 12.3. The van der Waals surface area contributed by atoms with Crippen molar-refractivity contribution in [3.8, 4) is 0 Å². The highest BCUT2D eigenvalue weighted by Crippen LogP contribution is 2.44. The van der Waals surface area contributed by atoms with E-state index in [1.54, 1.807) is 0 Å². The zero-order chi connectivity index (χ0) is 39.8. The van der Waals surface area contributed by atoms with Crippen molar-refractivity contribution in [2.45, 2.75) is 250 Å².